The molecular formula is C16H18BrNO2. The number of ether oxygens (including phenoxy) is 1. The summed E-state index contributed by atoms with van der Waals surface area (Å²) in [5, 5.41) is 13.1. The highest BCUT2D eigenvalue weighted by Gasteiger charge is 2.05. The van der Waals surface area contributed by atoms with E-state index in [0.29, 0.717) is 6.54 Å². The Morgan fingerprint density at radius 1 is 1.20 bits per heavy atom. The Balaban J connectivity index is 1.75. The van der Waals surface area contributed by atoms with Crippen LogP contribution in [-0.2, 0) is 0 Å². The largest absolute Gasteiger partial charge is 0.491 e. The molecule has 0 fully saturated rings. The molecule has 0 spiro atoms. The maximum absolute atomic E-state index is 9.90. The molecule has 106 valence electrons. The van der Waals surface area contributed by atoms with Crippen LogP contribution in [-0.4, -0.2) is 24.4 Å². The maximum atomic E-state index is 9.90. The van der Waals surface area contributed by atoms with Crippen LogP contribution in [0.1, 0.15) is 5.56 Å². The molecule has 0 bridgehead atoms. The second-order valence-electron chi connectivity index (χ2n) is 4.67. The van der Waals surface area contributed by atoms with Gasteiger partial charge < -0.3 is 15.2 Å². The third kappa shape index (κ3) is 4.87. The van der Waals surface area contributed by atoms with Gasteiger partial charge in [-0.2, -0.15) is 0 Å². The molecule has 0 aliphatic heterocycles. The van der Waals surface area contributed by atoms with Crippen LogP contribution in [0.2, 0.25) is 0 Å². The molecule has 2 N–H and O–H groups in total. The number of hydrogen-bond acceptors (Lipinski definition) is 3. The number of aliphatic hydroxyl groups is 1. The first-order chi connectivity index (χ1) is 9.63. The molecule has 0 radical (unpaired) electrons. The standard InChI is InChI=1S/C16H18BrNO2/c1-12-5-7-14(8-6-12)18-10-15(19)11-20-16-4-2-3-13(17)9-16/h2-9,15,18-19H,10-11H2,1H3. The van der Waals surface area contributed by atoms with E-state index in [1.54, 1.807) is 0 Å². The highest BCUT2D eigenvalue weighted by atomic mass is 79.9. The number of anilines is 1. The van der Waals surface area contributed by atoms with Gasteiger partial charge in [-0.1, -0.05) is 39.7 Å². The average Bonchev–Trinajstić information content (AvgIpc) is 2.45. The number of nitrogens with one attached hydrogen (secondary N) is 1. The summed E-state index contributed by atoms with van der Waals surface area (Å²) in [6.07, 6.45) is -0.560. The van der Waals surface area contributed by atoms with Crippen molar-refractivity contribution in [2.24, 2.45) is 0 Å². The van der Waals surface area contributed by atoms with E-state index in [0.717, 1.165) is 15.9 Å². The van der Waals surface area contributed by atoms with Crippen molar-refractivity contribution >= 4 is 21.6 Å². The monoisotopic (exact) mass is 335 g/mol. The van der Waals surface area contributed by atoms with Crippen LogP contribution in [0.3, 0.4) is 0 Å². The summed E-state index contributed by atoms with van der Waals surface area (Å²) in [6.45, 7) is 2.76. The van der Waals surface area contributed by atoms with Crippen LogP contribution >= 0.6 is 15.9 Å². The summed E-state index contributed by atoms with van der Waals surface area (Å²) in [7, 11) is 0. The SMILES string of the molecule is Cc1ccc(NCC(O)COc2cccc(Br)c2)cc1. The molecule has 3 nitrogen and oxygen atoms in total. The molecule has 0 amide bonds. The Labute approximate surface area is 127 Å². The zero-order valence-electron chi connectivity index (χ0n) is 11.3. The summed E-state index contributed by atoms with van der Waals surface area (Å²) in [5.41, 5.74) is 2.21. The quantitative estimate of drug-likeness (QED) is 0.847. The number of aryl methyl sites for hydroxylation is 1. The fraction of sp³-hybridized carbons (Fsp3) is 0.250. The summed E-state index contributed by atoms with van der Waals surface area (Å²) >= 11 is 3.38. The van der Waals surface area contributed by atoms with Crippen molar-refractivity contribution < 1.29 is 9.84 Å². The van der Waals surface area contributed by atoms with Gasteiger partial charge in [0.15, 0.2) is 0 Å². The van der Waals surface area contributed by atoms with Crippen LogP contribution in [0.4, 0.5) is 5.69 Å². The van der Waals surface area contributed by atoms with Gasteiger partial charge in [0.2, 0.25) is 0 Å². The zero-order valence-corrected chi connectivity index (χ0v) is 12.9. The fourth-order valence-electron chi connectivity index (χ4n) is 1.72. The van der Waals surface area contributed by atoms with Crippen molar-refractivity contribution in [2.45, 2.75) is 13.0 Å². The van der Waals surface area contributed by atoms with Gasteiger partial charge in [0.1, 0.15) is 18.5 Å². The molecule has 0 aliphatic carbocycles. The second-order valence-corrected chi connectivity index (χ2v) is 5.58. The molecule has 4 heteroatoms. The molecule has 2 aromatic carbocycles. The average molecular weight is 336 g/mol. The van der Waals surface area contributed by atoms with Gasteiger partial charge in [0, 0.05) is 16.7 Å². The summed E-state index contributed by atoms with van der Waals surface area (Å²) < 4.78 is 6.50. The first-order valence-corrected chi connectivity index (χ1v) is 7.30. The van der Waals surface area contributed by atoms with Gasteiger partial charge in [0.05, 0.1) is 0 Å². The zero-order chi connectivity index (χ0) is 14.4. The number of halogens is 1. The van der Waals surface area contributed by atoms with Crippen LogP contribution in [0, 0.1) is 6.92 Å². The fourth-order valence-corrected chi connectivity index (χ4v) is 2.09. The Hall–Kier alpha value is -1.52. The van der Waals surface area contributed by atoms with E-state index in [1.165, 1.54) is 5.56 Å². The molecule has 0 heterocycles. The van der Waals surface area contributed by atoms with E-state index in [9.17, 15) is 5.11 Å². The lowest BCUT2D eigenvalue weighted by Crippen LogP contribution is -2.26. The molecule has 2 aromatic rings. The number of rotatable bonds is 6. The van der Waals surface area contributed by atoms with E-state index < -0.39 is 6.10 Å². The minimum Gasteiger partial charge on any atom is -0.491 e. The van der Waals surface area contributed by atoms with Crippen LogP contribution in [0.15, 0.2) is 53.0 Å². The minimum atomic E-state index is -0.560. The predicted octanol–water partition coefficient (Wildman–Crippen LogP) is 3.61. The van der Waals surface area contributed by atoms with Crippen LogP contribution < -0.4 is 10.1 Å². The van der Waals surface area contributed by atoms with Crippen molar-refractivity contribution in [3.05, 3.63) is 58.6 Å². The topological polar surface area (TPSA) is 41.5 Å². The third-order valence-corrected chi connectivity index (χ3v) is 3.33. The Morgan fingerprint density at radius 2 is 1.95 bits per heavy atom. The molecule has 20 heavy (non-hydrogen) atoms. The summed E-state index contributed by atoms with van der Waals surface area (Å²) in [5.74, 6) is 0.744. The number of hydrogen-bond donors (Lipinski definition) is 2. The minimum absolute atomic E-state index is 0.259. The van der Waals surface area contributed by atoms with Gasteiger partial charge >= 0.3 is 0 Å². The van der Waals surface area contributed by atoms with E-state index >= 15 is 0 Å². The Bertz CT molecular complexity index is 542. The molecule has 0 aliphatic rings. The van der Waals surface area contributed by atoms with E-state index in [-0.39, 0.29) is 6.61 Å². The summed E-state index contributed by atoms with van der Waals surface area (Å²) in [6, 6.07) is 15.6. The maximum Gasteiger partial charge on any atom is 0.120 e. The van der Waals surface area contributed by atoms with Gasteiger partial charge in [-0.05, 0) is 37.3 Å². The second kappa shape index (κ2) is 7.31. The van der Waals surface area contributed by atoms with Crippen molar-refractivity contribution in [2.75, 3.05) is 18.5 Å². The smallest absolute Gasteiger partial charge is 0.120 e. The normalized spacial score (nSPS) is 11.9. The van der Waals surface area contributed by atoms with Gasteiger partial charge in [-0.3, -0.25) is 0 Å². The molecule has 0 saturated heterocycles. The molecule has 2 rings (SSSR count). The van der Waals surface area contributed by atoms with E-state index in [1.807, 2.05) is 55.5 Å². The van der Waals surface area contributed by atoms with Crippen molar-refractivity contribution in [1.82, 2.24) is 0 Å². The summed E-state index contributed by atoms with van der Waals surface area (Å²) in [4.78, 5) is 0. The molecule has 1 unspecified atom stereocenters. The molecule has 1 atom stereocenters. The highest BCUT2D eigenvalue weighted by Crippen LogP contribution is 2.17. The van der Waals surface area contributed by atoms with Gasteiger partial charge in [-0.25, -0.2) is 0 Å². The first-order valence-electron chi connectivity index (χ1n) is 6.50. The van der Waals surface area contributed by atoms with E-state index in [4.69, 9.17) is 4.74 Å². The molecular weight excluding hydrogens is 318 g/mol. The lowest BCUT2D eigenvalue weighted by Gasteiger charge is -2.14. The Kier molecular flexibility index (Phi) is 5.44. The predicted molar refractivity (Wildman–Crippen MR) is 85.3 cm³/mol. The highest BCUT2D eigenvalue weighted by molar-refractivity contribution is 9.10. The van der Waals surface area contributed by atoms with Crippen LogP contribution in [0.5, 0.6) is 5.75 Å². The lowest BCUT2D eigenvalue weighted by atomic mass is 10.2. The van der Waals surface area contributed by atoms with Crippen molar-refractivity contribution in [3.8, 4) is 5.75 Å². The molecule has 0 saturated carbocycles. The Morgan fingerprint density at radius 3 is 2.65 bits per heavy atom. The molecule has 0 aromatic heterocycles. The number of aliphatic hydroxyl groups excluding tert-OH is 1. The van der Waals surface area contributed by atoms with Crippen molar-refractivity contribution in [1.29, 1.82) is 0 Å². The van der Waals surface area contributed by atoms with Crippen LogP contribution in [0.25, 0.3) is 0 Å². The number of benzene rings is 2. The van der Waals surface area contributed by atoms with Crippen molar-refractivity contribution in [3.63, 3.8) is 0 Å². The third-order valence-electron chi connectivity index (χ3n) is 2.83. The van der Waals surface area contributed by atoms with Gasteiger partial charge in [-0.15, -0.1) is 0 Å². The lowest BCUT2D eigenvalue weighted by molar-refractivity contribution is 0.117. The first kappa shape index (κ1) is 14.9. The van der Waals surface area contributed by atoms with E-state index in [2.05, 4.69) is 21.2 Å². The van der Waals surface area contributed by atoms with Gasteiger partial charge in [0.25, 0.3) is 0 Å².